The summed E-state index contributed by atoms with van der Waals surface area (Å²) in [5, 5.41) is 0. The van der Waals surface area contributed by atoms with E-state index >= 15 is 0 Å². The van der Waals surface area contributed by atoms with E-state index in [0.29, 0.717) is 22.4 Å². The lowest BCUT2D eigenvalue weighted by Crippen LogP contribution is -2.01. The van der Waals surface area contributed by atoms with E-state index in [9.17, 15) is 4.79 Å². The Bertz CT molecular complexity index is 575. The number of hydrogen-bond acceptors (Lipinski definition) is 3. The minimum absolute atomic E-state index is 0.0978. The van der Waals surface area contributed by atoms with Crippen molar-refractivity contribution in [2.45, 2.75) is 6.92 Å². The molecule has 0 unspecified atom stereocenters. The van der Waals surface area contributed by atoms with Crippen LogP contribution in [0.5, 0.6) is 5.75 Å². The van der Waals surface area contributed by atoms with Crippen LogP contribution in [0.1, 0.15) is 22.8 Å². The van der Waals surface area contributed by atoms with E-state index in [-0.39, 0.29) is 5.78 Å². The van der Waals surface area contributed by atoms with Gasteiger partial charge in [0.1, 0.15) is 5.75 Å². The lowest BCUT2D eigenvalue weighted by Gasteiger charge is -2.07. The Labute approximate surface area is 121 Å². The summed E-state index contributed by atoms with van der Waals surface area (Å²) in [6, 6.07) is 6.88. The fourth-order valence-electron chi connectivity index (χ4n) is 1.53. The van der Waals surface area contributed by atoms with Gasteiger partial charge in [0.2, 0.25) is 0 Å². The number of ether oxygens (including phenoxy) is 1. The van der Waals surface area contributed by atoms with Crippen LogP contribution in [0.3, 0.4) is 0 Å². The molecule has 0 aliphatic rings. The number of ketones is 1. The maximum Gasteiger partial charge on any atom is 0.197 e. The maximum atomic E-state index is 12.2. The second kappa shape index (κ2) is 5.71. The summed E-state index contributed by atoms with van der Waals surface area (Å²) in [7, 11) is 0. The third-order valence-electron chi connectivity index (χ3n) is 2.36. The molecule has 1 aromatic heterocycles. The molecule has 0 spiro atoms. The fraction of sp³-hybridized carbons (Fsp3) is 0.154. The highest BCUT2D eigenvalue weighted by Gasteiger charge is 2.16. The van der Waals surface area contributed by atoms with Crippen LogP contribution >= 0.6 is 31.9 Å². The quantitative estimate of drug-likeness (QED) is 0.744. The van der Waals surface area contributed by atoms with Crippen molar-refractivity contribution in [3.05, 3.63) is 50.8 Å². The first kappa shape index (κ1) is 13.4. The average molecular weight is 374 g/mol. The predicted octanol–water partition coefficient (Wildman–Crippen LogP) is 4.43. The summed E-state index contributed by atoms with van der Waals surface area (Å²) >= 11 is 6.58. The summed E-state index contributed by atoms with van der Waals surface area (Å²) in [6.45, 7) is 2.49. The molecule has 1 aromatic carbocycles. The Kier molecular flexibility index (Phi) is 4.24. The molecule has 0 atom stereocenters. The molecule has 0 bridgehead atoms. The summed E-state index contributed by atoms with van der Waals surface area (Å²) < 4.78 is 11.7. The molecule has 3 nitrogen and oxygen atoms in total. The van der Waals surface area contributed by atoms with Crippen LogP contribution in [0, 0.1) is 0 Å². The number of hydrogen-bond donors (Lipinski definition) is 0. The van der Waals surface area contributed by atoms with E-state index in [2.05, 4.69) is 31.9 Å². The highest BCUT2D eigenvalue weighted by atomic mass is 79.9. The zero-order chi connectivity index (χ0) is 13.1. The Hall–Kier alpha value is -1.07. The molecule has 1 heterocycles. The molecule has 2 aromatic rings. The van der Waals surface area contributed by atoms with Gasteiger partial charge >= 0.3 is 0 Å². The van der Waals surface area contributed by atoms with Crippen molar-refractivity contribution in [1.29, 1.82) is 0 Å². The monoisotopic (exact) mass is 372 g/mol. The van der Waals surface area contributed by atoms with Gasteiger partial charge in [-0.2, -0.15) is 0 Å². The molecular formula is C13H10Br2O3. The minimum Gasteiger partial charge on any atom is -0.493 e. The molecule has 0 amide bonds. The van der Waals surface area contributed by atoms with Crippen molar-refractivity contribution in [3.8, 4) is 5.75 Å². The lowest BCUT2D eigenvalue weighted by atomic mass is 10.1. The molecule has 18 heavy (non-hydrogen) atoms. The zero-order valence-electron chi connectivity index (χ0n) is 9.57. The van der Waals surface area contributed by atoms with E-state index in [0.717, 1.165) is 10.2 Å². The van der Waals surface area contributed by atoms with E-state index in [4.69, 9.17) is 9.15 Å². The first-order valence-corrected chi connectivity index (χ1v) is 6.92. The van der Waals surface area contributed by atoms with Crippen molar-refractivity contribution < 1.29 is 13.9 Å². The van der Waals surface area contributed by atoms with Gasteiger partial charge in [-0.05, 0) is 63.0 Å². The number of halogens is 2. The van der Waals surface area contributed by atoms with E-state index in [1.54, 1.807) is 24.3 Å². The van der Waals surface area contributed by atoms with Crippen molar-refractivity contribution in [3.63, 3.8) is 0 Å². The molecule has 0 saturated carbocycles. The molecular weight excluding hydrogens is 364 g/mol. The third kappa shape index (κ3) is 2.67. The van der Waals surface area contributed by atoms with Crippen LogP contribution in [0.4, 0.5) is 0 Å². The zero-order valence-corrected chi connectivity index (χ0v) is 12.7. The molecule has 94 valence electrons. The van der Waals surface area contributed by atoms with E-state index < -0.39 is 0 Å². The van der Waals surface area contributed by atoms with Gasteiger partial charge < -0.3 is 9.15 Å². The molecule has 0 fully saturated rings. The highest BCUT2D eigenvalue weighted by molar-refractivity contribution is 9.10. The van der Waals surface area contributed by atoms with E-state index in [1.807, 2.05) is 6.92 Å². The normalized spacial score (nSPS) is 10.4. The molecule has 0 N–H and O–H groups in total. The molecule has 2 rings (SSSR count). The van der Waals surface area contributed by atoms with E-state index in [1.165, 1.54) is 6.26 Å². The van der Waals surface area contributed by atoms with Gasteiger partial charge in [-0.15, -0.1) is 0 Å². The third-order valence-corrected chi connectivity index (χ3v) is 3.59. The molecule has 0 aliphatic carbocycles. The van der Waals surface area contributed by atoms with Crippen LogP contribution in [-0.2, 0) is 0 Å². The Morgan fingerprint density at radius 2 is 2.11 bits per heavy atom. The second-order valence-electron chi connectivity index (χ2n) is 3.52. The van der Waals surface area contributed by atoms with Crippen molar-refractivity contribution in [2.75, 3.05) is 6.61 Å². The minimum atomic E-state index is -0.0978. The van der Waals surface area contributed by atoms with Crippen LogP contribution in [0.2, 0.25) is 0 Å². The molecule has 0 saturated heterocycles. The summed E-state index contributed by atoms with van der Waals surface area (Å²) in [5.74, 6) is 0.625. The first-order valence-electron chi connectivity index (χ1n) is 5.33. The van der Waals surface area contributed by atoms with Crippen LogP contribution in [-0.4, -0.2) is 12.4 Å². The summed E-state index contributed by atoms with van der Waals surface area (Å²) in [5.41, 5.74) is 1.08. The average Bonchev–Trinajstić information content (AvgIpc) is 2.77. The van der Waals surface area contributed by atoms with Gasteiger partial charge in [0.15, 0.2) is 10.5 Å². The van der Waals surface area contributed by atoms with Crippen molar-refractivity contribution in [1.82, 2.24) is 0 Å². The van der Waals surface area contributed by atoms with Crippen LogP contribution in [0.25, 0.3) is 0 Å². The number of carbonyl (C=O) groups is 1. The van der Waals surface area contributed by atoms with Gasteiger partial charge in [-0.25, -0.2) is 0 Å². The van der Waals surface area contributed by atoms with Gasteiger partial charge in [0, 0.05) is 5.56 Å². The molecule has 5 heteroatoms. The van der Waals surface area contributed by atoms with Gasteiger partial charge in [-0.1, -0.05) is 0 Å². The smallest absolute Gasteiger partial charge is 0.197 e. The number of rotatable bonds is 4. The largest absolute Gasteiger partial charge is 0.493 e. The highest BCUT2D eigenvalue weighted by Crippen LogP contribution is 2.28. The van der Waals surface area contributed by atoms with Crippen LogP contribution in [0.15, 0.2) is 44.1 Å². The summed E-state index contributed by atoms with van der Waals surface area (Å²) in [4.78, 5) is 12.2. The molecule has 0 radical (unpaired) electrons. The SMILES string of the molecule is CCOc1ccc(C(=O)c2ccoc2Br)cc1Br. The fourth-order valence-corrected chi connectivity index (χ4v) is 2.44. The first-order chi connectivity index (χ1) is 8.63. The van der Waals surface area contributed by atoms with Crippen molar-refractivity contribution >= 4 is 37.6 Å². The van der Waals surface area contributed by atoms with Gasteiger partial charge in [0.05, 0.1) is 22.9 Å². The Morgan fingerprint density at radius 3 is 2.67 bits per heavy atom. The summed E-state index contributed by atoms with van der Waals surface area (Å²) in [6.07, 6.45) is 1.47. The van der Waals surface area contributed by atoms with Crippen LogP contribution < -0.4 is 4.74 Å². The number of furan rings is 1. The molecule has 0 aliphatic heterocycles. The standard InChI is InChI=1S/C13H10Br2O3/c1-2-17-11-4-3-8(7-10(11)14)12(16)9-5-6-18-13(9)15/h3-7H,2H2,1H3. The lowest BCUT2D eigenvalue weighted by molar-refractivity contribution is 0.103. The Morgan fingerprint density at radius 1 is 1.33 bits per heavy atom. The Balaban J connectivity index is 2.32. The van der Waals surface area contributed by atoms with Gasteiger partial charge in [0.25, 0.3) is 0 Å². The number of carbonyl (C=O) groups excluding carboxylic acids is 1. The predicted molar refractivity (Wildman–Crippen MR) is 75.2 cm³/mol. The maximum absolute atomic E-state index is 12.2. The van der Waals surface area contributed by atoms with Crippen molar-refractivity contribution in [2.24, 2.45) is 0 Å². The number of benzene rings is 1. The van der Waals surface area contributed by atoms with Gasteiger partial charge in [-0.3, -0.25) is 4.79 Å². The second-order valence-corrected chi connectivity index (χ2v) is 5.09. The topological polar surface area (TPSA) is 39.4 Å².